The van der Waals surface area contributed by atoms with Crippen molar-refractivity contribution in [2.45, 2.75) is 38.6 Å². The predicted molar refractivity (Wildman–Crippen MR) is 104 cm³/mol. The van der Waals surface area contributed by atoms with E-state index in [1.54, 1.807) is 11.3 Å². The Balaban J connectivity index is 1.32. The SMILES string of the molecule is Cc1ncc(CN2CC[C@@H](c3cc(COc4cccc(C(F)(F)F)c4)[nH]n3)C2)s1. The van der Waals surface area contributed by atoms with Crippen molar-refractivity contribution in [2.24, 2.45) is 0 Å². The van der Waals surface area contributed by atoms with E-state index >= 15 is 0 Å². The summed E-state index contributed by atoms with van der Waals surface area (Å²) < 4.78 is 43.9. The third-order valence-electron chi connectivity index (χ3n) is 4.95. The fraction of sp³-hybridized carbons (Fsp3) is 0.400. The van der Waals surface area contributed by atoms with Crippen molar-refractivity contribution in [3.63, 3.8) is 0 Å². The number of aromatic nitrogens is 3. The molecule has 5 nitrogen and oxygen atoms in total. The maximum atomic E-state index is 12.8. The number of nitrogens with zero attached hydrogens (tertiary/aromatic N) is 3. The van der Waals surface area contributed by atoms with E-state index in [4.69, 9.17) is 4.74 Å². The number of halogens is 3. The number of hydrogen-bond acceptors (Lipinski definition) is 5. The Morgan fingerprint density at radius 3 is 2.93 bits per heavy atom. The minimum absolute atomic E-state index is 0.144. The molecule has 1 saturated heterocycles. The molecule has 0 aliphatic carbocycles. The summed E-state index contributed by atoms with van der Waals surface area (Å²) in [5.41, 5.74) is 0.993. The van der Waals surface area contributed by atoms with Crippen LogP contribution in [0.3, 0.4) is 0 Å². The van der Waals surface area contributed by atoms with Crippen LogP contribution in [0.2, 0.25) is 0 Å². The molecule has 0 bridgehead atoms. The second-order valence-electron chi connectivity index (χ2n) is 7.20. The van der Waals surface area contributed by atoms with Crippen molar-refractivity contribution in [3.05, 3.63) is 63.4 Å². The lowest BCUT2D eigenvalue weighted by molar-refractivity contribution is -0.137. The number of benzene rings is 1. The first kappa shape index (κ1) is 19.9. The van der Waals surface area contributed by atoms with E-state index in [0.717, 1.165) is 54.6 Å². The zero-order chi connectivity index (χ0) is 20.4. The van der Waals surface area contributed by atoms with Gasteiger partial charge >= 0.3 is 6.18 Å². The zero-order valence-electron chi connectivity index (χ0n) is 15.9. The van der Waals surface area contributed by atoms with Crippen LogP contribution >= 0.6 is 11.3 Å². The number of rotatable bonds is 6. The third-order valence-corrected chi connectivity index (χ3v) is 5.84. The second-order valence-corrected chi connectivity index (χ2v) is 8.52. The fourth-order valence-electron chi connectivity index (χ4n) is 3.50. The molecule has 1 atom stereocenters. The standard InChI is InChI=1S/C20H21F3N4OS/c1-13-24-9-18(29-13)11-27-6-5-14(10-27)19-8-16(25-26-19)12-28-17-4-2-3-15(7-17)20(21,22)23/h2-4,7-9,14H,5-6,10-12H2,1H3,(H,25,26)/t14-/m1/s1. The number of H-pyrrole nitrogens is 1. The lowest BCUT2D eigenvalue weighted by Gasteiger charge is -2.13. The molecule has 1 N–H and O–H groups in total. The molecule has 0 amide bonds. The van der Waals surface area contributed by atoms with E-state index in [-0.39, 0.29) is 12.4 Å². The van der Waals surface area contributed by atoms with E-state index < -0.39 is 11.7 Å². The van der Waals surface area contributed by atoms with Crippen molar-refractivity contribution in [3.8, 4) is 5.75 Å². The minimum atomic E-state index is -4.38. The van der Waals surface area contributed by atoms with Crippen molar-refractivity contribution >= 4 is 11.3 Å². The molecule has 0 saturated carbocycles. The molecular formula is C20H21F3N4OS. The van der Waals surface area contributed by atoms with Crippen LogP contribution in [-0.4, -0.2) is 33.2 Å². The second kappa shape index (κ2) is 8.16. The van der Waals surface area contributed by atoms with E-state index in [1.165, 1.54) is 17.0 Å². The average Bonchev–Trinajstić information content (AvgIpc) is 3.41. The lowest BCUT2D eigenvalue weighted by atomic mass is 10.1. The summed E-state index contributed by atoms with van der Waals surface area (Å²) in [6, 6.07) is 6.84. The van der Waals surface area contributed by atoms with Crippen LogP contribution in [0.5, 0.6) is 5.75 Å². The predicted octanol–water partition coefficient (Wildman–Crippen LogP) is 4.76. The van der Waals surface area contributed by atoms with Gasteiger partial charge in [0.05, 0.1) is 22.0 Å². The van der Waals surface area contributed by atoms with Gasteiger partial charge in [-0.2, -0.15) is 18.3 Å². The van der Waals surface area contributed by atoms with Crippen molar-refractivity contribution in [2.75, 3.05) is 13.1 Å². The van der Waals surface area contributed by atoms with Crippen LogP contribution < -0.4 is 4.74 Å². The summed E-state index contributed by atoms with van der Waals surface area (Å²) in [6.07, 6.45) is -1.42. The van der Waals surface area contributed by atoms with Gasteiger partial charge in [-0.3, -0.25) is 10.00 Å². The monoisotopic (exact) mass is 422 g/mol. The largest absolute Gasteiger partial charge is 0.487 e. The van der Waals surface area contributed by atoms with Crippen LogP contribution in [0.15, 0.2) is 36.5 Å². The van der Waals surface area contributed by atoms with Crippen LogP contribution in [0.25, 0.3) is 0 Å². The van der Waals surface area contributed by atoms with Gasteiger partial charge in [-0.25, -0.2) is 4.98 Å². The topological polar surface area (TPSA) is 54.0 Å². The molecule has 1 aliphatic rings. The smallest absolute Gasteiger partial charge is 0.416 e. The Morgan fingerprint density at radius 2 is 2.17 bits per heavy atom. The highest BCUT2D eigenvalue weighted by molar-refractivity contribution is 7.11. The van der Waals surface area contributed by atoms with E-state index in [2.05, 4.69) is 20.1 Å². The molecule has 3 heterocycles. The first-order valence-corrected chi connectivity index (χ1v) is 10.2. The summed E-state index contributed by atoms with van der Waals surface area (Å²) >= 11 is 1.72. The van der Waals surface area contributed by atoms with Crippen LogP contribution in [0.4, 0.5) is 13.2 Å². The number of alkyl halides is 3. The van der Waals surface area contributed by atoms with Crippen LogP contribution in [0, 0.1) is 6.92 Å². The number of aryl methyl sites for hydroxylation is 1. The van der Waals surface area contributed by atoms with Gasteiger partial charge in [-0.05, 0) is 44.2 Å². The first-order chi connectivity index (χ1) is 13.9. The summed E-state index contributed by atoms with van der Waals surface area (Å²) in [5.74, 6) is 0.519. The molecule has 29 heavy (non-hydrogen) atoms. The Hall–Kier alpha value is -2.39. The van der Waals surface area contributed by atoms with E-state index in [0.29, 0.717) is 5.92 Å². The molecule has 3 aromatic rings. The van der Waals surface area contributed by atoms with Crippen molar-refractivity contribution < 1.29 is 17.9 Å². The highest BCUT2D eigenvalue weighted by atomic mass is 32.1. The molecule has 1 aromatic carbocycles. The number of likely N-dealkylation sites (tertiary alicyclic amines) is 1. The summed E-state index contributed by atoms with van der Waals surface area (Å²) in [7, 11) is 0. The Kier molecular flexibility index (Phi) is 5.60. The molecule has 4 rings (SSSR count). The average molecular weight is 422 g/mol. The number of thiazole rings is 1. The highest BCUT2D eigenvalue weighted by Gasteiger charge is 2.30. The molecular weight excluding hydrogens is 401 g/mol. The maximum absolute atomic E-state index is 12.8. The summed E-state index contributed by atoms with van der Waals surface area (Å²) in [4.78, 5) is 7.96. The van der Waals surface area contributed by atoms with Crippen LogP contribution in [-0.2, 0) is 19.3 Å². The first-order valence-electron chi connectivity index (χ1n) is 9.35. The van der Waals surface area contributed by atoms with Gasteiger partial charge in [0.15, 0.2) is 0 Å². The van der Waals surface area contributed by atoms with Gasteiger partial charge in [0.1, 0.15) is 12.4 Å². The number of aromatic amines is 1. The van der Waals surface area contributed by atoms with Gasteiger partial charge < -0.3 is 4.74 Å². The normalized spacial score (nSPS) is 17.7. The minimum Gasteiger partial charge on any atom is -0.487 e. The lowest BCUT2D eigenvalue weighted by Crippen LogP contribution is -2.19. The number of ether oxygens (including phenoxy) is 1. The van der Waals surface area contributed by atoms with E-state index in [9.17, 15) is 13.2 Å². The third kappa shape index (κ3) is 4.97. The van der Waals surface area contributed by atoms with Crippen molar-refractivity contribution in [1.82, 2.24) is 20.1 Å². The molecule has 2 aromatic heterocycles. The van der Waals surface area contributed by atoms with Crippen molar-refractivity contribution in [1.29, 1.82) is 0 Å². The van der Waals surface area contributed by atoms with Gasteiger partial charge in [0, 0.05) is 30.1 Å². The Bertz CT molecular complexity index is 969. The number of hydrogen-bond donors (Lipinski definition) is 1. The Morgan fingerprint density at radius 1 is 1.31 bits per heavy atom. The summed E-state index contributed by atoms with van der Waals surface area (Å²) in [5, 5.41) is 8.41. The molecule has 1 aliphatic heterocycles. The molecule has 154 valence electrons. The fourth-order valence-corrected chi connectivity index (χ4v) is 4.34. The molecule has 1 fully saturated rings. The summed E-state index contributed by atoms with van der Waals surface area (Å²) in [6.45, 7) is 4.98. The van der Waals surface area contributed by atoms with Gasteiger partial charge in [0.2, 0.25) is 0 Å². The van der Waals surface area contributed by atoms with Gasteiger partial charge in [0.25, 0.3) is 0 Å². The quantitative estimate of drug-likeness (QED) is 0.622. The molecule has 0 unspecified atom stereocenters. The van der Waals surface area contributed by atoms with Gasteiger partial charge in [-0.1, -0.05) is 6.07 Å². The molecule has 0 spiro atoms. The molecule has 0 radical (unpaired) electrons. The Labute approximate surface area is 170 Å². The highest BCUT2D eigenvalue weighted by Crippen LogP contribution is 2.32. The number of nitrogens with one attached hydrogen (secondary N) is 1. The van der Waals surface area contributed by atoms with Gasteiger partial charge in [-0.15, -0.1) is 11.3 Å². The molecule has 9 heteroatoms. The maximum Gasteiger partial charge on any atom is 0.416 e. The van der Waals surface area contributed by atoms with E-state index in [1.807, 2.05) is 19.2 Å². The zero-order valence-corrected chi connectivity index (χ0v) is 16.7. The van der Waals surface area contributed by atoms with Crippen LogP contribution in [0.1, 0.15) is 39.2 Å².